The van der Waals surface area contributed by atoms with Gasteiger partial charge in [-0.2, -0.15) is 0 Å². The van der Waals surface area contributed by atoms with Gasteiger partial charge in [-0.05, 0) is 18.6 Å². The quantitative estimate of drug-likeness (QED) is 0.855. The Morgan fingerprint density at radius 3 is 2.90 bits per heavy atom. The van der Waals surface area contributed by atoms with Crippen LogP contribution in [0.25, 0.3) is 10.2 Å². The fraction of sp³-hybridized carbons (Fsp3) is 0.308. The number of primary amides is 1. The molecule has 1 fully saturated rings. The molecule has 0 spiro atoms. The topological polar surface area (TPSA) is 102 Å². The first-order valence-electron chi connectivity index (χ1n) is 6.29. The van der Waals surface area contributed by atoms with Crippen LogP contribution in [0.3, 0.4) is 0 Å². The number of likely N-dealkylation sites (tertiary alicyclic amines) is 1. The van der Waals surface area contributed by atoms with Crippen LogP contribution >= 0.6 is 11.3 Å². The molecule has 1 atom stereocenters. The van der Waals surface area contributed by atoms with Crippen LogP contribution in [0.15, 0.2) is 18.3 Å². The Hall–Kier alpha value is -2.15. The van der Waals surface area contributed by atoms with E-state index >= 15 is 0 Å². The van der Waals surface area contributed by atoms with E-state index in [-0.39, 0.29) is 17.7 Å². The van der Waals surface area contributed by atoms with Gasteiger partial charge in [0.05, 0.1) is 11.6 Å². The Morgan fingerprint density at radius 1 is 1.45 bits per heavy atom. The van der Waals surface area contributed by atoms with Gasteiger partial charge < -0.3 is 16.4 Å². The summed E-state index contributed by atoms with van der Waals surface area (Å²) in [5.41, 5.74) is 11.8. The van der Waals surface area contributed by atoms with E-state index < -0.39 is 0 Å². The molecule has 3 rings (SSSR count). The van der Waals surface area contributed by atoms with E-state index in [4.69, 9.17) is 11.5 Å². The van der Waals surface area contributed by atoms with Crippen molar-refractivity contribution in [3.8, 4) is 0 Å². The summed E-state index contributed by atoms with van der Waals surface area (Å²) in [7, 11) is 0. The summed E-state index contributed by atoms with van der Waals surface area (Å²) in [5.74, 6) is -0.756. The van der Waals surface area contributed by atoms with Crippen molar-refractivity contribution in [1.29, 1.82) is 0 Å². The van der Waals surface area contributed by atoms with Crippen molar-refractivity contribution in [2.75, 3.05) is 18.8 Å². The number of hydrogen-bond donors (Lipinski definition) is 2. The molecule has 0 radical (unpaired) electrons. The van der Waals surface area contributed by atoms with Crippen LogP contribution in [0.5, 0.6) is 0 Å². The predicted octanol–water partition coefficient (Wildman–Crippen LogP) is 0.826. The summed E-state index contributed by atoms with van der Waals surface area (Å²) in [6.07, 6.45) is 2.29. The molecule has 1 aliphatic rings. The minimum Gasteiger partial charge on any atom is -0.397 e. The Labute approximate surface area is 119 Å². The van der Waals surface area contributed by atoms with E-state index in [1.54, 1.807) is 17.2 Å². The number of carbonyl (C=O) groups is 2. The highest BCUT2D eigenvalue weighted by atomic mass is 32.1. The van der Waals surface area contributed by atoms with Gasteiger partial charge in [0.25, 0.3) is 5.91 Å². The number of nitrogens with zero attached hydrogens (tertiary/aromatic N) is 2. The number of fused-ring (bicyclic) bond motifs is 1. The fourth-order valence-electron chi connectivity index (χ4n) is 2.43. The number of aromatic nitrogens is 1. The molecule has 1 saturated heterocycles. The third-order valence-electron chi connectivity index (χ3n) is 3.58. The third-order valence-corrected chi connectivity index (χ3v) is 4.69. The molecule has 4 N–H and O–H groups in total. The van der Waals surface area contributed by atoms with Crippen LogP contribution < -0.4 is 11.5 Å². The summed E-state index contributed by atoms with van der Waals surface area (Å²) in [6.45, 7) is 0.906. The first kappa shape index (κ1) is 12.9. The number of nitrogen functional groups attached to an aromatic ring is 1. The van der Waals surface area contributed by atoms with E-state index in [0.29, 0.717) is 30.1 Å². The van der Waals surface area contributed by atoms with Crippen molar-refractivity contribution in [1.82, 2.24) is 9.88 Å². The first-order chi connectivity index (χ1) is 9.58. The van der Waals surface area contributed by atoms with Gasteiger partial charge in [-0.1, -0.05) is 0 Å². The highest BCUT2D eigenvalue weighted by Gasteiger charge is 2.32. The molecule has 0 aliphatic carbocycles. The van der Waals surface area contributed by atoms with E-state index in [0.717, 1.165) is 10.2 Å². The number of carbonyl (C=O) groups excluding carboxylic acids is 2. The Bertz CT molecular complexity index is 697. The maximum atomic E-state index is 12.5. The molecule has 104 valence electrons. The zero-order chi connectivity index (χ0) is 14.3. The van der Waals surface area contributed by atoms with Crippen molar-refractivity contribution in [3.05, 3.63) is 23.2 Å². The Morgan fingerprint density at radius 2 is 2.25 bits per heavy atom. The molecule has 2 aromatic rings. The molecule has 2 aromatic heterocycles. The van der Waals surface area contributed by atoms with Gasteiger partial charge in [-0.3, -0.25) is 9.59 Å². The average molecular weight is 290 g/mol. The van der Waals surface area contributed by atoms with Crippen LogP contribution in [0, 0.1) is 5.92 Å². The molecule has 0 saturated carbocycles. The van der Waals surface area contributed by atoms with Crippen molar-refractivity contribution >= 4 is 39.1 Å². The number of pyridine rings is 1. The van der Waals surface area contributed by atoms with Gasteiger partial charge in [-0.15, -0.1) is 11.3 Å². The molecule has 0 bridgehead atoms. The lowest BCUT2D eigenvalue weighted by Gasteiger charge is -2.15. The van der Waals surface area contributed by atoms with Crippen molar-refractivity contribution in [2.24, 2.45) is 11.7 Å². The number of anilines is 1. The van der Waals surface area contributed by atoms with Gasteiger partial charge in [0, 0.05) is 24.7 Å². The minimum atomic E-state index is -0.355. The molecule has 1 unspecified atom stereocenters. The lowest BCUT2D eigenvalue weighted by molar-refractivity contribution is -0.121. The SMILES string of the molecule is NC(=O)C1CCN(C(=O)c2sc3ncccc3c2N)C1. The zero-order valence-corrected chi connectivity index (χ0v) is 11.5. The van der Waals surface area contributed by atoms with Gasteiger partial charge in [0.2, 0.25) is 5.91 Å². The lowest BCUT2D eigenvalue weighted by Crippen LogP contribution is -2.31. The van der Waals surface area contributed by atoms with Gasteiger partial charge in [0.15, 0.2) is 0 Å². The molecular weight excluding hydrogens is 276 g/mol. The second-order valence-corrected chi connectivity index (χ2v) is 5.84. The number of thiophene rings is 1. The normalized spacial score (nSPS) is 18.6. The molecular formula is C13H14N4O2S. The summed E-state index contributed by atoms with van der Waals surface area (Å²) in [4.78, 5) is 30.7. The molecule has 20 heavy (non-hydrogen) atoms. The van der Waals surface area contributed by atoms with Crippen molar-refractivity contribution in [2.45, 2.75) is 6.42 Å². The Balaban J connectivity index is 1.90. The summed E-state index contributed by atoms with van der Waals surface area (Å²) in [5, 5.41) is 0.798. The second-order valence-electron chi connectivity index (χ2n) is 4.84. The lowest BCUT2D eigenvalue weighted by atomic mass is 10.1. The van der Waals surface area contributed by atoms with Crippen LogP contribution in [-0.4, -0.2) is 34.8 Å². The Kier molecular flexibility index (Phi) is 3.06. The standard InChI is InChI=1S/C13H14N4O2S/c14-9-8-2-1-4-16-12(8)20-10(9)13(19)17-5-3-7(6-17)11(15)18/h1-2,4,7H,3,5-6,14H2,(H2,15,18). The van der Waals surface area contributed by atoms with E-state index in [9.17, 15) is 9.59 Å². The molecule has 0 aromatic carbocycles. The first-order valence-corrected chi connectivity index (χ1v) is 7.11. The number of nitrogens with two attached hydrogens (primary N) is 2. The highest BCUT2D eigenvalue weighted by molar-refractivity contribution is 7.21. The number of amides is 2. The monoisotopic (exact) mass is 290 g/mol. The van der Waals surface area contributed by atoms with Crippen molar-refractivity contribution in [3.63, 3.8) is 0 Å². The summed E-state index contributed by atoms with van der Waals surface area (Å²) < 4.78 is 0. The van der Waals surface area contributed by atoms with Crippen LogP contribution in [0.1, 0.15) is 16.1 Å². The van der Waals surface area contributed by atoms with Gasteiger partial charge in [0.1, 0.15) is 9.71 Å². The van der Waals surface area contributed by atoms with Gasteiger partial charge >= 0.3 is 0 Å². The summed E-state index contributed by atoms with van der Waals surface area (Å²) in [6, 6.07) is 3.64. The zero-order valence-electron chi connectivity index (χ0n) is 10.7. The maximum Gasteiger partial charge on any atom is 0.266 e. The predicted molar refractivity (Wildman–Crippen MR) is 77.2 cm³/mol. The fourth-order valence-corrected chi connectivity index (χ4v) is 3.46. The van der Waals surface area contributed by atoms with Crippen LogP contribution in [0.4, 0.5) is 5.69 Å². The van der Waals surface area contributed by atoms with E-state index in [1.807, 2.05) is 6.07 Å². The number of rotatable bonds is 2. The van der Waals surface area contributed by atoms with Crippen LogP contribution in [-0.2, 0) is 4.79 Å². The maximum absolute atomic E-state index is 12.5. The summed E-state index contributed by atoms with van der Waals surface area (Å²) >= 11 is 1.28. The third kappa shape index (κ3) is 2.00. The molecule has 3 heterocycles. The van der Waals surface area contributed by atoms with Gasteiger partial charge in [-0.25, -0.2) is 4.98 Å². The van der Waals surface area contributed by atoms with Crippen molar-refractivity contribution < 1.29 is 9.59 Å². The molecule has 2 amide bonds. The minimum absolute atomic E-state index is 0.144. The second kappa shape index (κ2) is 4.75. The highest BCUT2D eigenvalue weighted by Crippen LogP contribution is 2.33. The number of hydrogen-bond acceptors (Lipinski definition) is 5. The van der Waals surface area contributed by atoms with Crippen LogP contribution in [0.2, 0.25) is 0 Å². The average Bonchev–Trinajstić information content (AvgIpc) is 3.04. The van der Waals surface area contributed by atoms with E-state index in [2.05, 4.69) is 4.98 Å². The largest absolute Gasteiger partial charge is 0.397 e. The van der Waals surface area contributed by atoms with E-state index in [1.165, 1.54) is 11.3 Å². The molecule has 1 aliphatic heterocycles. The molecule has 6 nitrogen and oxygen atoms in total. The smallest absolute Gasteiger partial charge is 0.266 e. The molecule has 7 heteroatoms.